The molecule has 0 fully saturated rings. The number of aryl methyl sites for hydroxylation is 1. The van der Waals surface area contributed by atoms with E-state index in [0.29, 0.717) is 0 Å². The maximum absolute atomic E-state index is 3.67. The molecule has 0 aliphatic heterocycles. The number of benzene rings is 1. The molecule has 0 amide bonds. The standard InChI is InChI=1S/C11H11I/c1-3-6-11(12)10-8-5-4-7-9(10)2/h3-8H,1H2,2H3/b11-6+. The second kappa shape index (κ2) is 4.45. The van der Waals surface area contributed by atoms with Crippen LogP contribution in [0, 0.1) is 6.92 Å². The molecular formula is C11H11I. The molecule has 0 spiro atoms. The van der Waals surface area contributed by atoms with Crippen LogP contribution in [0.2, 0.25) is 0 Å². The number of allylic oxidation sites excluding steroid dienone is 2. The predicted octanol–water partition coefficient (Wildman–Crippen LogP) is 3.96. The van der Waals surface area contributed by atoms with E-state index in [1.54, 1.807) is 0 Å². The average molecular weight is 270 g/mol. The van der Waals surface area contributed by atoms with E-state index in [1.807, 2.05) is 12.2 Å². The first kappa shape index (κ1) is 9.52. The Labute approximate surface area is 87.1 Å². The molecular weight excluding hydrogens is 259 g/mol. The first-order valence-corrected chi connectivity index (χ1v) is 4.88. The van der Waals surface area contributed by atoms with Gasteiger partial charge in [-0.1, -0.05) is 36.9 Å². The van der Waals surface area contributed by atoms with E-state index in [1.165, 1.54) is 14.7 Å². The van der Waals surface area contributed by atoms with Crippen molar-refractivity contribution in [3.63, 3.8) is 0 Å². The summed E-state index contributed by atoms with van der Waals surface area (Å²) >= 11 is 2.32. The molecule has 0 saturated carbocycles. The molecule has 1 aromatic rings. The zero-order valence-corrected chi connectivity index (χ0v) is 9.21. The van der Waals surface area contributed by atoms with Gasteiger partial charge in [0.15, 0.2) is 0 Å². The molecule has 0 heterocycles. The van der Waals surface area contributed by atoms with Crippen LogP contribution in [0.5, 0.6) is 0 Å². The SMILES string of the molecule is C=C/C=C(/I)c1ccccc1C. The smallest absolute Gasteiger partial charge is 0.0205 e. The van der Waals surface area contributed by atoms with E-state index in [4.69, 9.17) is 0 Å². The molecule has 0 aliphatic rings. The van der Waals surface area contributed by atoms with E-state index < -0.39 is 0 Å². The van der Waals surface area contributed by atoms with Crippen LogP contribution in [0.1, 0.15) is 11.1 Å². The zero-order valence-electron chi connectivity index (χ0n) is 7.05. The fourth-order valence-corrected chi connectivity index (χ4v) is 1.89. The van der Waals surface area contributed by atoms with E-state index in [2.05, 4.69) is 60.4 Å². The maximum atomic E-state index is 3.67. The van der Waals surface area contributed by atoms with Crippen LogP contribution in [-0.2, 0) is 0 Å². The van der Waals surface area contributed by atoms with E-state index in [0.717, 1.165) is 0 Å². The summed E-state index contributed by atoms with van der Waals surface area (Å²) in [6.07, 6.45) is 3.83. The predicted molar refractivity (Wildman–Crippen MR) is 63.4 cm³/mol. The van der Waals surface area contributed by atoms with Crippen LogP contribution >= 0.6 is 22.6 Å². The maximum Gasteiger partial charge on any atom is 0.0205 e. The Morgan fingerprint density at radius 1 is 1.42 bits per heavy atom. The normalized spacial score (nSPS) is 11.3. The zero-order chi connectivity index (χ0) is 8.97. The highest BCUT2D eigenvalue weighted by molar-refractivity contribution is 14.1. The lowest BCUT2D eigenvalue weighted by atomic mass is 10.1. The highest BCUT2D eigenvalue weighted by Gasteiger charge is 1.98. The molecule has 62 valence electrons. The third kappa shape index (κ3) is 2.21. The Balaban J connectivity index is 3.10. The number of hydrogen-bond acceptors (Lipinski definition) is 0. The Kier molecular flexibility index (Phi) is 3.53. The van der Waals surface area contributed by atoms with Crippen molar-refractivity contribution in [1.29, 1.82) is 0 Å². The molecule has 0 aliphatic carbocycles. The minimum absolute atomic E-state index is 1.24. The van der Waals surface area contributed by atoms with Gasteiger partial charge in [0.2, 0.25) is 0 Å². The molecule has 1 rings (SSSR count). The quantitative estimate of drug-likeness (QED) is 0.563. The minimum Gasteiger partial charge on any atom is -0.0990 e. The summed E-state index contributed by atoms with van der Waals surface area (Å²) in [7, 11) is 0. The number of hydrogen-bond donors (Lipinski definition) is 0. The first-order chi connectivity index (χ1) is 5.75. The van der Waals surface area contributed by atoms with Crippen molar-refractivity contribution in [2.45, 2.75) is 6.92 Å². The van der Waals surface area contributed by atoms with Crippen LogP contribution in [0.3, 0.4) is 0 Å². The van der Waals surface area contributed by atoms with Gasteiger partial charge in [0.05, 0.1) is 0 Å². The van der Waals surface area contributed by atoms with Gasteiger partial charge in [-0.25, -0.2) is 0 Å². The molecule has 12 heavy (non-hydrogen) atoms. The van der Waals surface area contributed by atoms with Gasteiger partial charge in [-0.2, -0.15) is 0 Å². The summed E-state index contributed by atoms with van der Waals surface area (Å²) in [4.78, 5) is 0. The fourth-order valence-electron chi connectivity index (χ4n) is 1.03. The Bertz CT molecular complexity index is 311. The van der Waals surface area contributed by atoms with Crippen LogP contribution in [0.25, 0.3) is 3.58 Å². The topological polar surface area (TPSA) is 0 Å². The van der Waals surface area contributed by atoms with Gasteiger partial charge in [-0.05, 0) is 46.7 Å². The van der Waals surface area contributed by atoms with Gasteiger partial charge in [-0.15, -0.1) is 0 Å². The Hall–Kier alpha value is -0.570. The van der Waals surface area contributed by atoms with Crippen molar-refractivity contribution < 1.29 is 0 Å². The number of halogens is 1. The van der Waals surface area contributed by atoms with E-state index >= 15 is 0 Å². The lowest BCUT2D eigenvalue weighted by molar-refractivity contribution is 1.44. The van der Waals surface area contributed by atoms with Gasteiger partial charge in [0.1, 0.15) is 0 Å². The van der Waals surface area contributed by atoms with Crippen LogP contribution in [0.4, 0.5) is 0 Å². The van der Waals surface area contributed by atoms with Crippen molar-refractivity contribution in [3.05, 3.63) is 54.1 Å². The highest BCUT2D eigenvalue weighted by Crippen LogP contribution is 2.24. The van der Waals surface area contributed by atoms with Crippen molar-refractivity contribution in [2.24, 2.45) is 0 Å². The summed E-state index contributed by atoms with van der Waals surface area (Å²) < 4.78 is 1.24. The molecule has 0 radical (unpaired) electrons. The largest absolute Gasteiger partial charge is 0.0990 e. The third-order valence-corrected chi connectivity index (χ3v) is 2.61. The summed E-state index contributed by atoms with van der Waals surface area (Å²) in [5.41, 5.74) is 2.60. The van der Waals surface area contributed by atoms with Gasteiger partial charge < -0.3 is 0 Å². The molecule has 0 aromatic heterocycles. The summed E-state index contributed by atoms with van der Waals surface area (Å²) in [6.45, 7) is 5.79. The summed E-state index contributed by atoms with van der Waals surface area (Å²) in [5.74, 6) is 0. The number of rotatable bonds is 2. The van der Waals surface area contributed by atoms with Gasteiger partial charge in [-0.3, -0.25) is 0 Å². The molecule has 1 heteroatoms. The fraction of sp³-hybridized carbons (Fsp3) is 0.0909. The molecule has 0 N–H and O–H groups in total. The molecule has 0 saturated heterocycles. The molecule has 0 atom stereocenters. The lowest BCUT2D eigenvalue weighted by Crippen LogP contribution is -1.81. The van der Waals surface area contributed by atoms with Crippen molar-refractivity contribution in [2.75, 3.05) is 0 Å². The van der Waals surface area contributed by atoms with Crippen molar-refractivity contribution in [1.82, 2.24) is 0 Å². The van der Waals surface area contributed by atoms with Crippen molar-refractivity contribution in [3.8, 4) is 0 Å². The summed E-state index contributed by atoms with van der Waals surface area (Å²) in [6, 6.07) is 8.34. The third-order valence-electron chi connectivity index (χ3n) is 1.67. The molecule has 1 aromatic carbocycles. The Morgan fingerprint density at radius 3 is 2.67 bits per heavy atom. The van der Waals surface area contributed by atoms with Crippen molar-refractivity contribution >= 4 is 26.2 Å². The van der Waals surface area contributed by atoms with Gasteiger partial charge in [0.25, 0.3) is 0 Å². The highest BCUT2D eigenvalue weighted by atomic mass is 127. The Morgan fingerprint density at radius 2 is 2.08 bits per heavy atom. The monoisotopic (exact) mass is 270 g/mol. The average Bonchev–Trinajstić information content (AvgIpc) is 2.05. The summed E-state index contributed by atoms with van der Waals surface area (Å²) in [5, 5.41) is 0. The first-order valence-electron chi connectivity index (χ1n) is 3.80. The van der Waals surface area contributed by atoms with Gasteiger partial charge in [0, 0.05) is 3.58 Å². The molecule has 0 bridgehead atoms. The lowest BCUT2D eigenvalue weighted by Gasteiger charge is -2.02. The van der Waals surface area contributed by atoms with Crippen LogP contribution in [-0.4, -0.2) is 0 Å². The van der Waals surface area contributed by atoms with Gasteiger partial charge >= 0.3 is 0 Å². The molecule has 0 nitrogen and oxygen atoms in total. The van der Waals surface area contributed by atoms with E-state index in [9.17, 15) is 0 Å². The van der Waals surface area contributed by atoms with Crippen LogP contribution < -0.4 is 0 Å². The minimum atomic E-state index is 1.24. The van der Waals surface area contributed by atoms with Crippen LogP contribution in [0.15, 0.2) is 43.0 Å². The second-order valence-electron chi connectivity index (χ2n) is 2.57. The molecule has 0 unspecified atom stereocenters. The second-order valence-corrected chi connectivity index (χ2v) is 3.73. The van der Waals surface area contributed by atoms with E-state index in [-0.39, 0.29) is 0 Å².